The van der Waals surface area contributed by atoms with Crippen LogP contribution in [-0.2, 0) is 0 Å². The predicted molar refractivity (Wildman–Crippen MR) is 176 cm³/mol. The van der Waals surface area contributed by atoms with Crippen LogP contribution in [-0.4, -0.2) is 15.0 Å². The molecular weight excluding hydrogens is 542 g/mol. The first-order chi connectivity index (χ1) is 21.8. The van der Waals surface area contributed by atoms with Gasteiger partial charge in [-0.1, -0.05) is 115 Å². The standard InChI is InChI=1S/C39H23N3O2/c1-2-11-24(12-3-1)37-40-38(42-39(41-37)31-19-10-22-34-35(31)30-16-5-7-21-33(30)43-34)26-14-8-13-25(23-26)27-17-9-18-29-28-15-4-6-20-32(28)44-36(27)29/h1-23H. The van der Waals surface area contributed by atoms with E-state index in [2.05, 4.69) is 48.5 Å². The fourth-order valence-electron chi connectivity index (χ4n) is 6.10. The van der Waals surface area contributed by atoms with E-state index in [0.717, 1.165) is 71.7 Å². The zero-order chi connectivity index (χ0) is 29.0. The van der Waals surface area contributed by atoms with E-state index in [1.54, 1.807) is 0 Å². The van der Waals surface area contributed by atoms with Crippen LogP contribution in [0.4, 0.5) is 0 Å². The van der Waals surface area contributed by atoms with Crippen LogP contribution in [0.15, 0.2) is 148 Å². The van der Waals surface area contributed by atoms with E-state index in [0.29, 0.717) is 17.5 Å². The average Bonchev–Trinajstić information content (AvgIpc) is 3.67. The molecule has 0 N–H and O–H groups in total. The molecule has 0 aliphatic rings. The molecule has 0 aliphatic carbocycles. The van der Waals surface area contributed by atoms with Gasteiger partial charge in [-0.2, -0.15) is 0 Å². The molecule has 0 atom stereocenters. The number of hydrogen-bond donors (Lipinski definition) is 0. The number of fused-ring (bicyclic) bond motifs is 6. The van der Waals surface area contributed by atoms with Crippen LogP contribution in [0.1, 0.15) is 0 Å². The van der Waals surface area contributed by atoms with Gasteiger partial charge in [0.2, 0.25) is 0 Å². The van der Waals surface area contributed by atoms with Crippen molar-refractivity contribution in [2.75, 3.05) is 0 Å². The zero-order valence-corrected chi connectivity index (χ0v) is 23.4. The molecule has 0 spiro atoms. The first-order valence-corrected chi connectivity index (χ1v) is 14.5. The summed E-state index contributed by atoms with van der Waals surface area (Å²) in [7, 11) is 0. The van der Waals surface area contributed by atoms with Gasteiger partial charge in [0.1, 0.15) is 22.3 Å². The van der Waals surface area contributed by atoms with Gasteiger partial charge in [0.05, 0.1) is 0 Å². The van der Waals surface area contributed by atoms with Gasteiger partial charge in [-0.15, -0.1) is 0 Å². The SMILES string of the molecule is c1ccc(-c2nc(-c3cccc(-c4cccc5c4oc4ccccc45)c3)nc(-c3cccc4oc5ccccc5c34)n2)cc1. The molecule has 5 heteroatoms. The summed E-state index contributed by atoms with van der Waals surface area (Å²) in [5.41, 5.74) is 8.13. The molecule has 0 amide bonds. The molecule has 0 saturated heterocycles. The van der Waals surface area contributed by atoms with E-state index >= 15 is 0 Å². The summed E-state index contributed by atoms with van der Waals surface area (Å²) in [5, 5.41) is 4.22. The Morgan fingerprint density at radius 3 is 1.80 bits per heavy atom. The van der Waals surface area contributed by atoms with Crippen LogP contribution in [0.2, 0.25) is 0 Å². The molecule has 0 aliphatic heterocycles. The van der Waals surface area contributed by atoms with Crippen molar-refractivity contribution in [2.24, 2.45) is 0 Å². The lowest BCUT2D eigenvalue weighted by atomic mass is 10.00. The first-order valence-electron chi connectivity index (χ1n) is 14.5. The number of nitrogens with zero attached hydrogens (tertiary/aromatic N) is 3. The Morgan fingerprint density at radius 1 is 0.364 bits per heavy atom. The maximum Gasteiger partial charge on any atom is 0.164 e. The van der Waals surface area contributed by atoms with Gasteiger partial charge in [-0.3, -0.25) is 0 Å². The third-order valence-electron chi connectivity index (χ3n) is 8.15. The summed E-state index contributed by atoms with van der Waals surface area (Å²) in [6, 6.07) is 46.9. The molecule has 0 fully saturated rings. The number of furan rings is 2. The largest absolute Gasteiger partial charge is 0.456 e. The van der Waals surface area contributed by atoms with Crippen molar-refractivity contribution in [1.82, 2.24) is 15.0 Å². The summed E-state index contributed by atoms with van der Waals surface area (Å²) in [5.74, 6) is 1.80. The van der Waals surface area contributed by atoms with Crippen LogP contribution >= 0.6 is 0 Å². The Bertz CT molecular complexity index is 2510. The normalized spacial score (nSPS) is 11.6. The Hall–Kier alpha value is -6.07. The van der Waals surface area contributed by atoms with E-state index < -0.39 is 0 Å². The predicted octanol–water partition coefficient (Wildman–Crippen LogP) is 10.3. The lowest BCUT2D eigenvalue weighted by Crippen LogP contribution is -2.00. The molecular formula is C39H23N3O2. The van der Waals surface area contributed by atoms with Gasteiger partial charge in [0.25, 0.3) is 0 Å². The van der Waals surface area contributed by atoms with Crippen molar-refractivity contribution >= 4 is 43.9 Å². The Morgan fingerprint density at radius 2 is 0.932 bits per heavy atom. The summed E-state index contributed by atoms with van der Waals surface area (Å²) in [4.78, 5) is 15.1. The quantitative estimate of drug-likeness (QED) is 0.212. The van der Waals surface area contributed by atoms with Crippen molar-refractivity contribution in [3.05, 3.63) is 140 Å². The van der Waals surface area contributed by atoms with Crippen LogP contribution in [0.5, 0.6) is 0 Å². The van der Waals surface area contributed by atoms with E-state index in [1.807, 2.05) is 91.0 Å². The van der Waals surface area contributed by atoms with Crippen molar-refractivity contribution in [2.45, 2.75) is 0 Å². The third kappa shape index (κ3) is 3.91. The summed E-state index contributed by atoms with van der Waals surface area (Å²) in [6.45, 7) is 0. The lowest BCUT2D eigenvalue weighted by molar-refractivity contribution is 0.669. The fourth-order valence-corrected chi connectivity index (χ4v) is 6.10. The van der Waals surface area contributed by atoms with Gasteiger partial charge in [-0.25, -0.2) is 15.0 Å². The van der Waals surface area contributed by atoms with Crippen molar-refractivity contribution in [3.63, 3.8) is 0 Å². The highest BCUT2D eigenvalue weighted by atomic mass is 16.3. The molecule has 3 aromatic heterocycles. The van der Waals surface area contributed by atoms with Crippen molar-refractivity contribution in [3.8, 4) is 45.3 Å². The molecule has 5 nitrogen and oxygen atoms in total. The van der Waals surface area contributed by atoms with Gasteiger partial charge in [-0.05, 0) is 29.8 Å². The number of aromatic nitrogens is 3. The smallest absolute Gasteiger partial charge is 0.164 e. The second kappa shape index (κ2) is 9.75. The first kappa shape index (κ1) is 24.5. The minimum Gasteiger partial charge on any atom is -0.456 e. The fraction of sp³-hybridized carbons (Fsp3) is 0. The van der Waals surface area contributed by atoms with Gasteiger partial charge >= 0.3 is 0 Å². The van der Waals surface area contributed by atoms with E-state index in [9.17, 15) is 0 Å². The average molecular weight is 566 g/mol. The highest BCUT2D eigenvalue weighted by molar-refractivity contribution is 6.12. The molecule has 9 aromatic rings. The number of hydrogen-bond acceptors (Lipinski definition) is 5. The molecule has 3 heterocycles. The van der Waals surface area contributed by atoms with Gasteiger partial charge in [0.15, 0.2) is 17.5 Å². The molecule has 206 valence electrons. The van der Waals surface area contributed by atoms with Crippen molar-refractivity contribution < 1.29 is 8.83 Å². The molecule has 0 saturated carbocycles. The minimum absolute atomic E-state index is 0.593. The minimum atomic E-state index is 0.593. The molecule has 0 radical (unpaired) electrons. The second-order valence-electron chi connectivity index (χ2n) is 10.8. The van der Waals surface area contributed by atoms with Gasteiger partial charge < -0.3 is 8.83 Å². The molecule has 6 aromatic carbocycles. The van der Waals surface area contributed by atoms with Gasteiger partial charge in [0, 0.05) is 43.8 Å². The Kier molecular flexibility index (Phi) is 5.43. The maximum atomic E-state index is 6.36. The molecule has 0 bridgehead atoms. The number of benzene rings is 6. The lowest BCUT2D eigenvalue weighted by Gasteiger charge is -2.10. The monoisotopic (exact) mass is 565 g/mol. The summed E-state index contributed by atoms with van der Waals surface area (Å²) >= 11 is 0. The van der Waals surface area contributed by atoms with Crippen LogP contribution in [0.25, 0.3) is 89.2 Å². The second-order valence-corrected chi connectivity index (χ2v) is 10.8. The highest BCUT2D eigenvalue weighted by Gasteiger charge is 2.18. The van der Waals surface area contributed by atoms with Crippen molar-refractivity contribution in [1.29, 1.82) is 0 Å². The number of para-hydroxylation sites is 3. The van der Waals surface area contributed by atoms with E-state index in [-0.39, 0.29) is 0 Å². The van der Waals surface area contributed by atoms with Crippen LogP contribution in [0.3, 0.4) is 0 Å². The number of rotatable bonds is 4. The molecule has 44 heavy (non-hydrogen) atoms. The topological polar surface area (TPSA) is 65.0 Å². The Labute approximate surface area is 252 Å². The Balaban J connectivity index is 1.26. The highest BCUT2D eigenvalue weighted by Crippen LogP contribution is 2.38. The molecule has 0 unspecified atom stereocenters. The maximum absolute atomic E-state index is 6.36. The van der Waals surface area contributed by atoms with E-state index in [1.165, 1.54) is 0 Å². The summed E-state index contributed by atoms with van der Waals surface area (Å²) in [6.07, 6.45) is 0. The molecule has 9 rings (SSSR count). The van der Waals surface area contributed by atoms with Crippen LogP contribution < -0.4 is 0 Å². The summed E-state index contributed by atoms with van der Waals surface area (Å²) < 4.78 is 12.5. The van der Waals surface area contributed by atoms with Crippen LogP contribution in [0, 0.1) is 0 Å². The zero-order valence-electron chi connectivity index (χ0n) is 23.4. The van der Waals surface area contributed by atoms with E-state index in [4.69, 9.17) is 23.8 Å². The third-order valence-corrected chi connectivity index (χ3v) is 8.15.